The number of benzene rings is 1. The molecular weight excluding hydrogens is 300 g/mol. The predicted molar refractivity (Wildman–Crippen MR) is 85.4 cm³/mol. The largest absolute Gasteiger partial charge is 0.507 e. The Morgan fingerprint density at radius 2 is 1.52 bits per heavy atom. The number of aliphatic hydroxyl groups is 1. The topological polar surface area (TPSA) is 20.2 Å². The second kappa shape index (κ2) is 9.71. The number of aliphatic hydroxyl groups excluding tert-OH is 1. The third-order valence-electron chi connectivity index (χ3n) is 2.75. The molecule has 0 atom stereocenters. The van der Waals surface area contributed by atoms with E-state index in [4.69, 9.17) is 0 Å². The van der Waals surface area contributed by atoms with Gasteiger partial charge >= 0.3 is 0 Å². The summed E-state index contributed by atoms with van der Waals surface area (Å²) in [5.41, 5.74) is 1.93. The van der Waals surface area contributed by atoms with Crippen LogP contribution in [0.1, 0.15) is 5.56 Å². The van der Waals surface area contributed by atoms with Crippen LogP contribution >= 0.6 is 0 Å². The Morgan fingerprint density at radius 3 is 2.05 bits per heavy atom. The molecule has 2 heteroatoms. The number of hydrogen-bond acceptors (Lipinski definition) is 1. The Bertz CT molecular complexity index is 586. The van der Waals surface area contributed by atoms with E-state index in [1.807, 2.05) is 91.0 Å². The molecule has 0 unspecified atom stereocenters. The molecule has 1 aliphatic rings. The molecule has 0 heterocycles. The first-order chi connectivity index (χ1) is 9.86. The molecule has 0 aliphatic heterocycles. The Balaban J connectivity index is 0.000000313. The molecule has 1 aliphatic carbocycles. The van der Waals surface area contributed by atoms with Gasteiger partial charge in [0, 0.05) is 22.6 Å². The molecule has 0 saturated carbocycles. The third kappa shape index (κ3) is 6.22. The summed E-state index contributed by atoms with van der Waals surface area (Å²) in [6, 6.07) is 19.9. The van der Waals surface area contributed by atoms with Crippen LogP contribution in [0.5, 0.6) is 0 Å². The van der Waals surface area contributed by atoms with Crippen LogP contribution < -0.4 is 0 Å². The minimum atomic E-state index is 0. The van der Waals surface area contributed by atoms with Crippen LogP contribution in [-0.2, 0) is 17.1 Å². The summed E-state index contributed by atoms with van der Waals surface area (Å²) >= 11 is 0. The zero-order valence-electron chi connectivity index (χ0n) is 11.5. The molecule has 0 saturated heterocycles. The second-order valence-corrected chi connectivity index (χ2v) is 4.27. The predicted octanol–water partition coefficient (Wildman–Crippen LogP) is 5.04. The van der Waals surface area contributed by atoms with E-state index in [-0.39, 0.29) is 17.1 Å². The summed E-state index contributed by atoms with van der Waals surface area (Å²) in [6.07, 6.45) is 11.2. The monoisotopic (exact) mass is 317 g/mol. The van der Waals surface area contributed by atoms with Gasteiger partial charge in [0.05, 0.1) is 0 Å². The molecule has 1 N–H and O–H groups in total. The van der Waals surface area contributed by atoms with Crippen LogP contribution in [0.25, 0.3) is 6.08 Å². The van der Waals surface area contributed by atoms with Crippen molar-refractivity contribution in [3.05, 3.63) is 108 Å². The molecule has 0 radical (unpaired) electrons. The Morgan fingerprint density at radius 1 is 0.905 bits per heavy atom. The molecule has 0 amide bonds. The van der Waals surface area contributed by atoms with Gasteiger partial charge in [-0.2, -0.15) is 18.2 Å². The SMILES string of the molecule is OC(/C=C/c1ccccc1)=C1C=CC=C1.[Fe].c1cc[cH-]c1. The van der Waals surface area contributed by atoms with E-state index in [1.54, 1.807) is 6.08 Å². The average molecular weight is 317 g/mol. The smallest absolute Gasteiger partial charge is 0.122 e. The first kappa shape index (κ1) is 16.9. The van der Waals surface area contributed by atoms with Crippen LogP contribution in [0.2, 0.25) is 0 Å². The standard InChI is InChI=1S/C14H12O.C5H5.Fe/c15-14(13-8-4-5-9-13)11-10-12-6-2-1-3-7-12;1-2-4-5-3-1;/h1-11,15H;1-5H;/q;-1;/b11-10+;;. The van der Waals surface area contributed by atoms with E-state index in [1.165, 1.54) is 0 Å². The number of allylic oxidation sites excluding steroid dienone is 6. The van der Waals surface area contributed by atoms with E-state index in [0.29, 0.717) is 5.76 Å². The molecule has 3 rings (SSSR count). The summed E-state index contributed by atoms with van der Waals surface area (Å²) in [5, 5.41) is 9.70. The molecule has 0 fully saturated rings. The molecule has 108 valence electrons. The summed E-state index contributed by atoms with van der Waals surface area (Å²) in [6.45, 7) is 0. The third-order valence-corrected chi connectivity index (χ3v) is 2.75. The van der Waals surface area contributed by atoms with Crippen molar-refractivity contribution in [1.82, 2.24) is 0 Å². The van der Waals surface area contributed by atoms with Crippen LogP contribution in [-0.4, -0.2) is 5.11 Å². The van der Waals surface area contributed by atoms with E-state index in [2.05, 4.69) is 0 Å². The fourth-order valence-corrected chi connectivity index (χ4v) is 1.70. The van der Waals surface area contributed by atoms with E-state index >= 15 is 0 Å². The van der Waals surface area contributed by atoms with E-state index in [0.717, 1.165) is 11.1 Å². The molecule has 1 nitrogen and oxygen atoms in total. The van der Waals surface area contributed by atoms with Crippen LogP contribution in [0.15, 0.2) is 102 Å². The maximum Gasteiger partial charge on any atom is 0.122 e. The van der Waals surface area contributed by atoms with E-state index < -0.39 is 0 Å². The van der Waals surface area contributed by atoms with Gasteiger partial charge in [0.15, 0.2) is 0 Å². The maximum absolute atomic E-state index is 9.70. The first-order valence-corrected chi connectivity index (χ1v) is 6.54. The van der Waals surface area contributed by atoms with Gasteiger partial charge in [-0.05, 0) is 11.6 Å². The van der Waals surface area contributed by atoms with Crippen molar-refractivity contribution in [2.24, 2.45) is 0 Å². The van der Waals surface area contributed by atoms with Crippen LogP contribution in [0, 0.1) is 0 Å². The number of rotatable bonds is 2. The fourth-order valence-electron chi connectivity index (χ4n) is 1.70. The zero-order chi connectivity index (χ0) is 14.0. The Kier molecular flexibility index (Phi) is 7.81. The summed E-state index contributed by atoms with van der Waals surface area (Å²) in [7, 11) is 0. The van der Waals surface area contributed by atoms with Gasteiger partial charge in [-0.1, -0.05) is 60.7 Å². The van der Waals surface area contributed by atoms with Crippen molar-refractivity contribution in [2.75, 3.05) is 0 Å². The maximum atomic E-state index is 9.70. The fraction of sp³-hybridized carbons (Fsp3) is 0. The van der Waals surface area contributed by atoms with Crippen molar-refractivity contribution in [1.29, 1.82) is 0 Å². The summed E-state index contributed by atoms with van der Waals surface area (Å²) in [5.74, 6) is 0.295. The van der Waals surface area contributed by atoms with Gasteiger partial charge < -0.3 is 5.11 Å². The zero-order valence-corrected chi connectivity index (χ0v) is 12.6. The van der Waals surface area contributed by atoms with Gasteiger partial charge in [0.1, 0.15) is 5.76 Å². The minimum Gasteiger partial charge on any atom is -0.507 e. The number of hydrogen-bond donors (Lipinski definition) is 1. The first-order valence-electron chi connectivity index (χ1n) is 6.54. The molecule has 2 aromatic carbocycles. The van der Waals surface area contributed by atoms with Gasteiger partial charge in [-0.25, -0.2) is 12.1 Å². The van der Waals surface area contributed by atoms with Gasteiger partial charge in [0.25, 0.3) is 0 Å². The van der Waals surface area contributed by atoms with Gasteiger partial charge in [0.2, 0.25) is 0 Å². The minimum absolute atomic E-state index is 0. The van der Waals surface area contributed by atoms with Crippen molar-refractivity contribution in [3.63, 3.8) is 0 Å². The summed E-state index contributed by atoms with van der Waals surface area (Å²) < 4.78 is 0. The molecular formula is C19H17FeO-. The van der Waals surface area contributed by atoms with Crippen LogP contribution in [0.3, 0.4) is 0 Å². The molecule has 2 aromatic rings. The van der Waals surface area contributed by atoms with Crippen molar-refractivity contribution in [3.8, 4) is 0 Å². The average Bonchev–Trinajstić information content (AvgIpc) is 3.20. The quantitative estimate of drug-likeness (QED) is 0.467. The molecule has 21 heavy (non-hydrogen) atoms. The normalized spacial score (nSPS) is 11.9. The van der Waals surface area contributed by atoms with Crippen molar-refractivity contribution < 1.29 is 22.2 Å². The molecule has 0 bridgehead atoms. The van der Waals surface area contributed by atoms with Gasteiger partial charge in [-0.3, -0.25) is 0 Å². The van der Waals surface area contributed by atoms with E-state index in [9.17, 15) is 5.11 Å². The summed E-state index contributed by atoms with van der Waals surface area (Å²) in [4.78, 5) is 0. The van der Waals surface area contributed by atoms with Crippen molar-refractivity contribution in [2.45, 2.75) is 0 Å². The molecule has 0 spiro atoms. The van der Waals surface area contributed by atoms with Gasteiger partial charge in [-0.15, -0.1) is 0 Å². The molecule has 0 aromatic heterocycles. The van der Waals surface area contributed by atoms with Crippen molar-refractivity contribution >= 4 is 6.08 Å². The van der Waals surface area contributed by atoms with Crippen LogP contribution in [0.4, 0.5) is 0 Å². The second-order valence-electron chi connectivity index (χ2n) is 4.27. The Labute approximate surface area is 136 Å². The Hall–Kier alpha value is -2.15.